The molecule has 1 aromatic carbocycles. The van der Waals surface area contributed by atoms with E-state index < -0.39 is 10.0 Å². The highest BCUT2D eigenvalue weighted by Crippen LogP contribution is 2.33. The second-order valence-corrected chi connectivity index (χ2v) is 7.56. The number of benzene rings is 1. The fourth-order valence-corrected chi connectivity index (χ4v) is 4.71. The van der Waals surface area contributed by atoms with Crippen LogP contribution in [-0.4, -0.2) is 21.6 Å². The molecule has 118 valence electrons. The van der Waals surface area contributed by atoms with Gasteiger partial charge in [0.15, 0.2) is 0 Å². The predicted octanol–water partition coefficient (Wildman–Crippen LogP) is 2.27. The van der Waals surface area contributed by atoms with Crippen LogP contribution in [0, 0.1) is 5.92 Å². The fourth-order valence-electron chi connectivity index (χ4n) is 2.79. The summed E-state index contributed by atoms with van der Waals surface area (Å²) in [6, 6.07) is 2.99. The van der Waals surface area contributed by atoms with Crippen molar-refractivity contribution in [3.63, 3.8) is 0 Å². The smallest absolute Gasteiger partial charge is 0.244 e. The quantitative estimate of drug-likeness (QED) is 0.866. The van der Waals surface area contributed by atoms with Gasteiger partial charge in [0.2, 0.25) is 10.0 Å². The maximum absolute atomic E-state index is 12.6. The van der Waals surface area contributed by atoms with Gasteiger partial charge in [0.05, 0.1) is 7.11 Å². The lowest BCUT2D eigenvalue weighted by Crippen LogP contribution is -2.36. The van der Waals surface area contributed by atoms with Crippen molar-refractivity contribution >= 4 is 21.6 Å². The molecule has 2 unspecified atom stereocenters. The average Bonchev–Trinajstić information content (AvgIpc) is 2.82. The van der Waals surface area contributed by atoms with Gasteiger partial charge in [-0.1, -0.05) is 24.9 Å². The van der Waals surface area contributed by atoms with Gasteiger partial charge in [0, 0.05) is 23.2 Å². The Bertz CT molecular complexity index is 619. The zero-order chi connectivity index (χ0) is 15.6. The molecular weight excluding hydrogens is 312 g/mol. The van der Waals surface area contributed by atoms with E-state index in [0.717, 1.165) is 19.3 Å². The number of methoxy groups -OCH3 is 1. The van der Waals surface area contributed by atoms with Crippen LogP contribution in [0.25, 0.3) is 0 Å². The van der Waals surface area contributed by atoms with Crippen molar-refractivity contribution in [1.29, 1.82) is 0 Å². The largest absolute Gasteiger partial charge is 0.495 e. The molecule has 7 heteroatoms. The number of halogens is 1. The lowest BCUT2D eigenvalue weighted by Gasteiger charge is -2.19. The molecule has 0 aromatic heterocycles. The second kappa shape index (κ2) is 6.52. The van der Waals surface area contributed by atoms with Crippen LogP contribution >= 0.6 is 11.6 Å². The van der Waals surface area contributed by atoms with E-state index in [1.165, 1.54) is 13.2 Å². The van der Waals surface area contributed by atoms with Crippen molar-refractivity contribution in [1.82, 2.24) is 4.72 Å². The van der Waals surface area contributed by atoms with E-state index in [2.05, 4.69) is 11.6 Å². The van der Waals surface area contributed by atoms with E-state index in [9.17, 15) is 8.42 Å². The van der Waals surface area contributed by atoms with E-state index in [1.54, 1.807) is 6.07 Å². The standard InChI is InChI=1S/C14H21ClN2O3S/c1-9-4-3-5-12(9)17-21(18,19)13-7-11(15)6-10(8-16)14(13)20-2/h6-7,9,12,17H,3-5,8,16H2,1-2H3. The van der Waals surface area contributed by atoms with Crippen LogP contribution in [0.3, 0.4) is 0 Å². The first-order chi connectivity index (χ1) is 9.89. The first-order valence-corrected chi connectivity index (χ1v) is 8.84. The molecule has 0 radical (unpaired) electrons. The number of hydrogen-bond acceptors (Lipinski definition) is 4. The summed E-state index contributed by atoms with van der Waals surface area (Å²) in [7, 11) is -2.26. The van der Waals surface area contributed by atoms with Crippen LogP contribution in [-0.2, 0) is 16.6 Å². The summed E-state index contributed by atoms with van der Waals surface area (Å²) < 4.78 is 33.3. The Kier molecular flexibility index (Phi) is 5.14. The molecule has 0 saturated heterocycles. The van der Waals surface area contributed by atoms with Crippen LogP contribution in [0.2, 0.25) is 5.02 Å². The van der Waals surface area contributed by atoms with Crippen molar-refractivity contribution in [2.45, 2.75) is 43.7 Å². The summed E-state index contributed by atoms with van der Waals surface area (Å²) in [5.74, 6) is 0.596. The van der Waals surface area contributed by atoms with Crippen molar-refractivity contribution in [3.05, 3.63) is 22.7 Å². The van der Waals surface area contributed by atoms with Gasteiger partial charge in [0.1, 0.15) is 10.6 Å². The lowest BCUT2D eigenvalue weighted by molar-refractivity contribution is 0.396. The molecule has 2 rings (SSSR count). The van der Waals surface area contributed by atoms with E-state index in [0.29, 0.717) is 16.5 Å². The molecule has 3 N–H and O–H groups in total. The Labute approximate surface area is 130 Å². The maximum Gasteiger partial charge on any atom is 0.244 e. The monoisotopic (exact) mass is 332 g/mol. The molecule has 0 bridgehead atoms. The molecule has 1 aliphatic carbocycles. The van der Waals surface area contributed by atoms with E-state index in [-0.39, 0.29) is 23.2 Å². The lowest BCUT2D eigenvalue weighted by atomic mass is 10.1. The van der Waals surface area contributed by atoms with Crippen LogP contribution in [0.5, 0.6) is 5.75 Å². The molecule has 1 aliphatic rings. The van der Waals surface area contributed by atoms with Gasteiger partial charge in [-0.25, -0.2) is 13.1 Å². The molecule has 21 heavy (non-hydrogen) atoms. The van der Waals surface area contributed by atoms with Crippen LogP contribution in [0.15, 0.2) is 17.0 Å². The summed E-state index contributed by atoms with van der Waals surface area (Å²) in [5, 5.41) is 0.330. The summed E-state index contributed by atoms with van der Waals surface area (Å²) in [4.78, 5) is 0.0528. The number of rotatable bonds is 5. The summed E-state index contributed by atoms with van der Waals surface area (Å²) >= 11 is 6.01. The van der Waals surface area contributed by atoms with E-state index >= 15 is 0 Å². The molecule has 2 atom stereocenters. The van der Waals surface area contributed by atoms with Crippen LogP contribution < -0.4 is 15.2 Å². The topological polar surface area (TPSA) is 81.4 Å². The Morgan fingerprint density at radius 1 is 1.43 bits per heavy atom. The molecule has 1 saturated carbocycles. The normalized spacial score (nSPS) is 22.5. The third-order valence-electron chi connectivity index (χ3n) is 3.98. The van der Waals surface area contributed by atoms with Crippen LogP contribution in [0.1, 0.15) is 31.7 Å². The third-order valence-corrected chi connectivity index (χ3v) is 5.69. The SMILES string of the molecule is COc1c(CN)cc(Cl)cc1S(=O)(=O)NC1CCCC1C. The van der Waals surface area contributed by atoms with E-state index in [1.807, 2.05) is 0 Å². The van der Waals surface area contributed by atoms with Gasteiger partial charge in [-0.2, -0.15) is 0 Å². The first kappa shape index (κ1) is 16.5. The molecule has 0 amide bonds. The van der Waals surface area contributed by atoms with Crippen LogP contribution in [0.4, 0.5) is 0 Å². The summed E-state index contributed by atoms with van der Waals surface area (Å²) in [6.45, 7) is 2.22. The zero-order valence-corrected chi connectivity index (χ0v) is 13.8. The van der Waals surface area contributed by atoms with Crippen molar-refractivity contribution in [3.8, 4) is 5.75 Å². The Morgan fingerprint density at radius 2 is 2.14 bits per heavy atom. The minimum atomic E-state index is -3.69. The van der Waals surface area contributed by atoms with Gasteiger partial charge in [-0.3, -0.25) is 0 Å². The third kappa shape index (κ3) is 3.51. The molecule has 0 aliphatic heterocycles. The number of nitrogens with one attached hydrogen (secondary N) is 1. The van der Waals surface area contributed by atoms with E-state index in [4.69, 9.17) is 22.1 Å². The van der Waals surface area contributed by atoms with Gasteiger partial charge in [0.25, 0.3) is 0 Å². The summed E-state index contributed by atoms with van der Waals surface area (Å²) in [5.41, 5.74) is 6.21. The van der Waals surface area contributed by atoms with Gasteiger partial charge >= 0.3 is 0 Å². The summed E-state index contributed by atoms with van der Waals surface area (Å²) in [6.07, 6.45) is 2.93. The zero-order valence-electron chi connectivity index (χ0n) is 12.2. The van der Waals surface area contributed by atoms with Crippen molar-refractivity contribution in [2.24, 2.45) is 11.7 Å². The molecule has 1 fully saturated rings. The highest BCUT2D eigenvalue weighted by atomic mass is 35.5. The number of ether oxygens (including phenoxy) is 1. The fraction of sp³-hybridized carbons (Fsp3) is 0.571. The molecule has 0 heterocycles. The molecule has 1 aromatic rings. The second-order valence-electron chi connectivity index (χ2n) is 5.44. The highest BCUT2D eigenvalue weighted by Gasteiger charge is 2.30. The van der Waals surface area contributed by atoms with Gasteiger partial charge in [-0.15, -0.1) is 0 Å². The maximum atomic E-state index is 12.6. The molecule has 5 nitrogen and oxygen atoms in total. The minimum Gasteiger partial charge on any atom is -0.495 e. The molecular formula is C14H21ClN2O3S. The van der Waals surface area contributed by atoms with Gasteiger partial charge < -0.3 is 10.5 Å². The minimum absolute atomic E-state index is 0.0417. The Hall–Kier alpha value is -0.820. The number of nitrogens with two attached hydrogens (primary N) is 1. The predicted molar refractivity (Wildman–Crippen MR) is 83.0 cm³/mol. The Morgan fingerprint density at radius 3 is 2.67 bits per heavy atom. The average molecular weight is 333 g/mol. The molecule has 0 spiro atoms. The highest BCUT2D eigenvalue weighted by molar-refractivity contribution is 7.89. The Balaban J connectivity index is 2.41. The van der Waals surface area contributed by atoms with Crippen molar-refractivity contribution in [2.75, 3.05) is 7.11 Å². The first-order valence-electron chi connectivity index (χ1n) is 6.98. The van der Waals surface area contributed by atoms with Crippen molar-refractivity contribution < 1.29 is 13.2 Å². The number of hydrogen-bond donors (Lipinski definition) is 2. The van der Waals surface area contributed by atoms with Gasteiger partial charge in [-0.05, 0) is 30.9 Å². The number of sulfonamides is 1.